The molecule has 0 aromatic heterocycles. The van der Waals surface area contributed by atoms with Crippen molar-refractivity contribution in [2.24, 2.45) is 0 Å². The Balaban J connectivity index is 1.64. The van der Waals surface area contributed by atoms with Crippen LogP contribution in [0.4, 0.5) is 0 Å². The SMILES string of the molecule is Cc1cccc(C2(c3ccc(C4CCCCC4)cc3)c3cc(C)ccc3-c3ccc(C)cc32)c1. The smallest absolute Gasteiger partial charge is 0.0617 e. The molecule has 2 aliphatic rings. The van der Waals surface area contributed by atoms with Gasteiger partial charge in [-0.3, -0.25) is 0 Å². The minimum atomic E-state index is -0.292. The van der Waals surface area contributed by atoms with Crippen LogP contribution in [0, 0.1) is 20.8 Å². The predicted molar refractivity (Wildman–Crippen MR) is 144 cm³/mol. The van der Waals surface area contributed by atoms with Gasteiger partial charge in [-0.05, 0) is 78.5 Å². The van der Waals surface area contributed by atoms with Gasteiger partial charge in [-0.2, -0.15) is 0 Å². The van der Waals surface area contributed by atoms with Gasteiger partial charge < -0.3 is 0 Å². The van der Waals surface area contributed by atoms with Gasteiger partial charge in [0.25, 0.3) is 0 Å². The highest BCUT2D eigenvalue weighted by atomic mass is 14.5. The lowest BCUT2D eigenvalue weighted by atomic mass is 9.67. The molecule has 0 amide bonds. The van der Waals surface area contributed by atoms with E-state index in [-0.39, 0.29) is 5.41 Å². The average molecular weight is 443 g/mol. The van der Waals surface area contributed by atoms with E-state index < -0.39 is 0 Å². The van der Waals surface area contributed by atoms with Crippen LogP contribution in [0.1, 0.15) is 82.5 Å². The topological polar surface area (TPSA) is 0 Å². The molecule has 0 unspecified atom stereocenters. The lowest BCUT2D eigenvalue weighted by Crippen LogP contribution is -2.29. The molecule has 0 radical (unpaired) electrons. The van der Waals surface area contributed by atoms with Crippen molar-refractivity contribution in [2.75, 3.05) is 0 Å². The summed E-state index contributed by atoms with van der Waals surface area (Å²) >= 11 is 0. The molecule has 0 N–H and O–H groups in total. The van der Waals surface area contributed by atoms with Gasteiger partial charge in [0.05, 0.1) is 5.41 Å². The molecule has 0 aliphatic heterocycles. The van der Waals surface area contributed by atoms with Gasteiger partial charge >= 0.3 is 0 Å². The molecule has 4 aromatic rings. The zero-order valence-electron chi connectivity index (χ0n) is 20.7. The fourth-order valence-electron chi connectivity index (χ4n) is 6.66. The maximum Gasteiger partial charge on any atom is 0.0713 e. The minimum absolute atomic E-state index is 0.292. The van der Waals surface area contributed by atoms with Crippen LogP contribution in [0.3, 0.4) is 0 Å². The number of fused-ring (bicyclic) bond motifs is 3. The van der Waals surface area contributed by atoms with E-state index in [1.165, 1.54) is 87.7 Å². The Hall–Kier alpha value is -3.12. The molecule has 2 aliphatic carbocycles. The summed E-state index contributed by atoms with van der Waals surface area (Å²) in [5.74, 6) is 0.727. The van der Waals surface area contributed by atoms with Gasteiger partial charge in [0.2, 0.25) is 0 Å². The van der Waals surface area contributed by atoms with Crippen molar-refractivity contribution >= 4 is 0 Å². The Morgan fingerprint density at radius 2 is 1.15 bits per heavy atom. The van der Waals surface area contributed by atoms with Crippen LogP contribution in [0.5, 0.6) is 0 Å². The predicted octanol–water partition coefficient (Wildman–Crippen LogP) is 9.02. The first-order valence-corrected chi connectivity index (χ1v) is 13.0. The minimum Gasteiger partial charge on any atom is -0.0617 e. The van der Waals surface area contributed by atoms with Crippen molar-refractivity contribution in [1.29, 1.82) is 0 Å². The highest BCUT2D eigenvalue weighted by molar-refractivity contribution is 5.86. The summed E-state index contributed by atoms with van der Waals surface area (Å²) in [6.07, 6.45) is 6.83. The van der Waals surface area contributed by atoms with E-state index in [1.807, 2.05) is 0 Å². The summed E-state index contributed by atoms with van der Waals surface area (Å²) < 4.78 is 0. The second kappa shape index (κ2) is 8.27. The molecule has 4 aromatic carbocycles. The summed E-state index contributed by atoms with van der Waals surface area (Å²) in [7, 11) is 0. The van der Waals surface area contributed by atoms with Crippen LogP contribution in [-0.2, 0) is 5.41 Å². The second-order valence-corrected chi connectivity index (χ2v) is 10.7. The van der Waals surface area contributed by atoms with Crippen molar-refractivity contribution in [3.63, 3.8) is 0 Å². The fraction of sp³-hybridized carbons (Fsp3) is 0.294. The Bertz CT molecular complexity index is 1300. The monoisotopic (exact) mass is 442 g/mol. The highest BCUT2D eigenvalue weighted by Gasteiger charge is 2.46. The third-order valence-corrected chi connectivity index (χ3v) is 8.32. The van der Waals surface area contributed by atoms with Crippen LogP contribution in [0.25, 0.3) is 11.1 Å². The molecule has 0 heteroatoms. The Morgan fingerprint density at radius 3 is 1.74 bits per heavy atom. The molecular weight excluding hydrogens is 408 g/mol. The zero-order chi connectivity index (χ0) is 23.3. The molecule has 170 valence electrons. The first-order chi connectivity index (χ1) is 16.6. The Kier molecular flexibility index (Phi) is 5.21. The van der Waals surface area contributed by atoms with Crippen LogP contribution >= 0.6 is 0 Å². The lowest BCUT2D eigenvalue weighted by molar-refractivity contribution is 0.443. The van der Waals surface area contributed by atoms with E-state index in [0.29, 0.717) is 0 Å². The average Bonchev–Trinajstić information content (AvgIpc) is 3.14. The van der Waals surface area contributed by atoms with E-state index >= 15 is 0 Å². The van der Waals surface area contributed by atoms with Gasteiger partial charge in [-0.15, -0.1) is 0 Å². The standard InChI is InChI=1S/C34H34/c1-23-8-7-11-29(20-23)34(28-16-14-27(15-17-28)26-9-5-4-6-10-26)32-21-24(2)12-18-30(32)31-19-13-25(3)22-33(31)34/h7-8,11-22,26H,4-6,9-10H2,1-3H3. The fourth-order valence-corrected chi connectivity index (χ4v) is 6.66. The number of benzene rings is 4. The third kappa shape index (κ3) is 3.27. The van der Waals surface area contributed by atoms with E-state index in [4.69, 9.17) is 0 Å². The largest absolute Gasteiger partial charge is 0.0713 e. The van der Waals surface area contributed by atoms with Crippen LogP contribution in [-0.4, -0.2) is 0 Å². The molecule has 0 heterocycles. The number of hydrogen-bond acceptors (Lipinski definition) is 0. The number of rotatable bonds is 3. The van der Waals surface area contributed by atoms with Crippen LogP contribution in [0.2, 0.25) is 0 Å². The quantitative estimate of drug-likeness (QED) is 0.261. The van der Waals surface area contributed by atoms with Crippen molar-refractivity contribution < 1.29 is 0 Å². The molecule has 0 bridgehead atoms. The van der Waals surface area contributed by atoms with E-state index in [2.05, 4.69) is 106 Å². The van der Waals surface area contributed by atoms with Crippen molar-refractivity contribution in [2.45, 2.75) is 64.2 Å². The Morgan fingerprint density at radius 1 is 0.559 bits per heavy atom. The summed E-state index contributed by atoms with van der Waals surface area (Å²) in [5, 5.41) is 0. The first kappa shape index (κ1) is 21.4. The molecule has 0 saturated heterocycles. The van der Waals surface area contributed by atoms with Gasteiger partial charge in [-0.25, -0.2) is 0 Å². The molecule has 6 rings (SSSR count). The Labute approximate surface area is 204 Å². The van der Waals surface area contributed by atoms with Crippen LogP contribution in [0.15, 0.2) is 84.9 Å². The summed E-state index contributed by atoms with van der Waals surface area (Å²) in [6, 6.07) is 33.0. The highest BCUT2D eigenvalue weighted by Crippen LogP contribution is 2.56. The van der Waals surface area contributed by atoms with Gasteiger partial charge in [0, 0.05) is 0 Å². The van der Waals surface area contributed by atoms with Crippen molar-refractivity contribution in [1.82, 2.24) is 0 Å². The molecule has 1 saturated carbocycles. The molecule has 0 atom stereocenters. The lowest BCUT2D eigenvalue weighted by Gasteiger charge is -2.35. The van der Waals surface area contributed by atoms with Gasteiger partial charge in [-0.1, -0.05) is 121 Å². The summed E-state index contributed by atoms with van der Waals surface area (Å²) in [5.41, 5.74) is 13.5. The van der Waals surface area contributed by atoms with E-state index in [9.17, 15) is 0 Å². The maximum atomic E-state index is 2.44. The molecular formula is C34H34. The molecule has 0 spiro atoms. The molecule has 34 heavy (non-hydrogen) atoms. The van der Waals surface area contributed by atoms with Crippen LogP contribution < -0.4 is 0 Å². The second-order valence-electron chi connectivity index (χ2n) is 10.7. The maximum absolute atomic E-state index is 2.44. The zero-order valence-corrected chi connectivity index (χ0v) is 20.7. The molecule has 0 nitrogen and oxygen atoms in total. The van der Waals surface area contributed by atoms with Gasteiger partial charge in [0.1, 0.15) is 0 Å². The van der Waals surface area contributed by atoms with E-state index in [0.717, 1.165) is 5.92 Å². The summed E-state index contributed by atoms with van der Waals surface area (Å²) in [4.78, 5) is 0. The molecule has 1 fully saturated rings. The normalized spacial score (nSPS) is 16.8. The third-order valence-electron chi connectivity index (χ3n) is 8.32. The van der Waals surface area contributed by atoms with Crippen molar-refractivity contribution in [3.8, 4) is 11.1 Å². The first-order valence-electron chi connectivity index (χ1n) is 13.0. The van der Waals surface area contributed by atoms with Crippen molar-refractivity contribution in [3.05, 3.63) is 129 Å². The number of aryl methyl sites for hydroxylation is 3. The number of hydrogen-bond donors (Lipinski definition) is 0. The van der Waals surface area contributed by atoms with E-state index in [1.54, 1.807) is 0 Å². The van der Waals surface area contributed by atoms with Gasteiger partial charge in [0.15, 0.2) is 0 Å². The summed E-state index contributed by atoms with van der Waals surface area (Å²) in [6.45, 7) is 6.66.